The molecule has 0 radical (unpaired) electrons. The third-order valence-electron chi connectivity index (χ3n) is 2.66. The van der Waals surface area contributed by atoms with E-state index in [0.29, 0.717) is 6.54 Å². The quantitative estimate of drug-likeness (QED) is 0.840. The van der Waals surface area contributed by atoms with Crippen molar-refractivity contribution in [1.82, 2.24) is 5.32 Å². The SMILES string of the molecule is O=C(O)CC(NCc1ccccc1)c1cccs1. The number of nitrogens with one attached hydrogen (secondary N) is 1. The molecule has 1 heterocycles. The van der Waals surface area contributed by atoms with Crippen LogP contribution in [0.5, 0.6) is 0 Å². The first-order valence-electron chi connectivity index (χ1n) is 5.78. The molecule has 1 atom stereocenters. The summed E-state index contributed by atoms with van der Waals surface area (Å²) < 4.78 is 0. The Morgan fingerprint density at radius 2 is 2.00 bits per heavy atom. The number of rotatable bonds is 6. The molecular formula is C14H15NO2S. The molecule has 3 nitrogen and oxygen atoms in total. The Balaban J connectivity index is 2.00. The van der Waals surface area contributed by atoms with Crippen LogP contribution in [0, 0.1) is 0 Å². The normalized spacial score (nSPS) is 12.2. The smallest absolute Gasteiger partial charge is 0.305 e. The van der Waals surface area contributed by atoms with Gasteiger partial charge in [0.15, 0.2) is 0 Å². The third kappa shape index (κ3) is 3.68. The van der Waals surface area contributed by atoms with Gasteiger partial charge in [-0.25, -0.2) is 0 Å². The van der Waals surface area contributed by atoms with Gasteiger partial charge in [0.2, 0.25) is 0 Å². The minimum atomic E-state index is -0.783. The van der Waals surface area contributed by atoms with Gasteiger partial charge in [0, 0.05) is 11.4 Å². The summed E-state index contributed by atoms with van der Waals surface area (Å²) >= 11 is 1.58. The molecule has 0 aliphatic rings. The number of hydrogen-bond acceptors (Lipinski definition) is 3. The highest BCUT2D eigenvalue weighted by Gasteiger charge is 2.15. The molecule has 0 spiro atoms. The van der Waals surface area contributed by atoms with Crippen LogP contribution < -0.4 is 5.32 Å². The van der Waals surface area contributed by atoms with Gasteiger partial charge in [-0.15, -0.1) is 11.3 Å². The van der Waals surface area contributed by atoms with Crippen molar-refractivity contribution in [3.63, 3.8) is 0 Å². The van der Waals surface area contributed by atoms with Gasteiger partial charge in [-0.05, 0) is 17.0 Å². The van der Waals surface area contributed by atoms with E-state index >= 15 is 0 Å². The first-order chi connectivity index (χ1) is 8.75. The molecule has 0 aliphatic carbocycles. The van der Waals surface area contributed by atoms with Crippen LogP contribution >= 0.6 is 11.3 Å². The van der Waals surface area contributed by atoms with Crippen LogP contribution in [-0.2, 0) is 11.3 Å². The zero-order valence-electron chi connectivity index (χ0n) is 9.87. The molecule has 0 aliphatic heterocycles. The lowest BCUT2D eigenvalue weighted by molar-refractivity contribution is -0.137. The molecular weight excluding hydrogens is 246 g/mol. The van der Waals surface area contributed by atoms with Crippen molar-refractivity contribution in [2.75, 3.05) is 0 Å². The summed E-state index contributed by atoms with van der Waals surface area (Å²) in [6, 6.07) is 13.8. The van der Waals surface area contributed by atoms with Crippen LogP contribution in [0.2, 0.25) is 0 Å². The van der Waals surface area contributed by atoms with Gasteiger partial charge in [0.25, 0.3) is 0 Å². The second-order valence-electron chi connectivity index (χ2n) is 4.03. The van der Waals surface area contributed by atoms with E-state index in [1.165, 1.54) is 0 Å². The van der Waals surface area contributed by atoms with Gasteiger partial charge in [-0.2, -0.15) is 0 Å². The maximum atomic E-state index is 10.9. The third-order valence-corrected chi connectivity index (χ3v) is 3.65. The van der Waals surface area contributed by atoms with E-state index in [1.807, 2.05) is 47.8 Å². The summed E-state index contributed by atoms with van der Waals surface area (Å²) in [7, 11) is 0. The Hall–Kier alpha value is -1.65. The van der Waals surface area contributed by atoms with Crippen molar-refractivity contribution in [2.24, 2.45) is 0 Å². The number of benzene rings is 1. The number of aliphatic carboxylic acids is 1. The molecule has 2 aromatic rings. The molecule has 2 rings (SSSR count). The molecule has 1 unspecified atom stereocenters. The highest BCUT2D eigenvalue weighted by molar-refractivity contribution is 7.10. The van der Waals surface area contributed by atoms with E-state index in [4.69, 9.17) is 5.11 Å². The Bertz CT molecular complexity index is 482. The summed E-state index contributed by atoms with van der Waals surface area (Å²) in [6.45, 7) is 0.677. The Morgan fingerprint density at radius 3 is 2.61 bits per heavy atom. The molecule has 2 N–H and O–H groups in total. The molecule has 1 aromatic heterocycles. The molecule has 0 saturated heterocycles. The second-order valence-corrected chi connectivity index (χ2v) is 5.01. The van der Waals surface area contributed by atoms with Crippen molar-refractivity contribution in [2.45, 2.75) is 19.0 Å². The van der Waals surface area contributed by atoms with Gasteiger partial charge in [-0.3, -0.25) is 4.79 Å². The molecule has 18 heavy (non-hydrogen) atoms. The molecule has 0 fully saturated rings. The van der Waals surface area contributed by atoms with Gasteiger partial charge >= 0.3 is 5.97 Å². The first kappa shape index (κ1) is 12.8. The molecule has 4 heteroatoms. The van der Waals surface area contributed by atoms with Crippen molar-refractivity contribution in [1.29, 1.82) is 0 Å². The summed E-state index contributed by atoms with van der Waals surface area (Å²) in [4.78, 5) is 11.9. The Morgan fingerprint density at radius 1 is 1.22 bits per heavy atom. The number of thiophene rings is 1. The predicted octanol–water partition coefficient (Wildman–Crippen LogP) is 3.05. The molecule has 0 bridgehead atoms. The molecule has 0 amide bonds. The van der Waals surface area contributed by atoms with Crippen LogP contribution in [0.15, 0.2) is 47.8 Å². The maximum Gasteiger partial charge on any atom is 0.305 e. The van der Waals surface area contributed by atoms with Crippen LogP contribution in [0.4, 0.5) is 0 Å². The van der Waals surface area contributed by atoms with Crippen LogP contribution in [0.25, 0.3) is 0 Å². The van der Waals surface area contributed by atoms with Gasteiger partial charge in [-0.1, -0.05) is 36.4 Å². The zero-order chi connectivity index (χ0) is 12.8. The van der Waals surface area contributed by atoms with Crippen molar-refractivity contribution in [3.05, 3.63) is 58.3 Å². The highest BCUT2D eigenvalue weighted by atomic mass is 32.1. The minimum absolute atomic E-state index is 0.105. The standard InChI is InChI=1S/C14H15NO2S/c16-14(17)9-12(13-7-4-8-18-13)15-10-11-5-2-1-3-6-11/h1-8,12,15H,9-10H2,(H,16,17). The lowest BCUT2D eigenvalue weighted by atomic mass is 10.1. The lowest BCUT2D eigenvalue weighted by Gasteiger charge is -2.15. The van der Waals surface area contributed by atoms with E-state index in [0.717, 1.165) is 10.4 Å². The van der Waals surface area contributed by atoms with Crippen molar-refractivity contribution < 1.29 is 9.90 Å². The number of carbonyl (C=O) groups is 1. The molecule has 94 valence electrons. The molecule has 1 aromatic carbocycles. The van der Waals surface area contributed by atoms with E-state index < -0.39 is 5.97 Å². The van der Waals surface area contributed by atoms with Crippen molar-refractivity contribution >= 4 is 17.3 Å². The summed E-state index contributed by atoms with van der Waals surface area (Å²) in [6.07, 6.45) is 0.105. The minimum Gasteiger partial charge on any atom is -0.481 e. The summed E-state index contributed by atoms with van der Waals surface area (Å²) in [5.41, 5.74) is 1.16. The van der Waals surface area contributed by atoms with E-state index in [9.17, 15) is 4.79 Å². The largest absolute Gasteiger partial charge is 0.481 e. The average Bonchev–Trinajstić information content (AvgIpc) is 2.89. The average molecular weight is 261 g/mol. The fraction of sp³-hybridized carbons (Fsp3) is 0.214. The zero-order valence-corrected chi connectivity index (χ0v) is 10.7. The predicted molar refractivity (Wildman–Crippen MR) is 72.6 cm³/mol. The highest BCUT2D eigenvalue weighted by Crippen LogP contribution is 2.22. The Labute approximate surface area is 110 Å². The van der Waals surface area contributed by atoms with Crippen LogP contribution in [-0.4, -0.2) is 11.1 Å². The Kier molecular flexibility index (Phi) is 4.50. The van der Waals surface area contributed by atoms with Gasteiger partial charge in [0.1, 0.15) is 0 Å². The number of carboxylic acids is 1. The van der Waals surface area contributed by atoms with E-state index in [1.54, 1.807) is 11.3 Å². The van der Waals surface area contributed by atoms with Crippen molar-refractivity contribution in [3.8, 4) is 0 Å². The topological polar surface area (TPSA) is 49.3 Å². The lowest BCUT2D eigenvalue weighted by Crippen LogP contribution is -2.22. The summed E-state index contributed by atoms with van der Waals surface area (Å²) in [5.74, 6) is -0.783. The number of hydrogen-bond donors (Lipinski definition) is 2. The van der Waals surface area contributed by atoms with Crippen LogP contribution in [0.1, 0.15) is 22.9 Å². The van der Waals surface area contributed by atoms with Gasteiger partial charge in [0.05, 0.1) is 12.5 Å². The maximum absolute atomic E-state index is 10.9. The molecule has 0 saturated carbocycles. The van der Waals surface area contributed by atoms with E-state index in [2.05, 4.69) is 5.32 Å². The van der Waals surface area contributed by atoms with E-state index in [-0.39, 0.29) is 12.5 Å². The van der Waals surface area contributed by atoms with Gasteiger partial charge < -0.3 is 10.4 Å². The monoisotopic (exact) mass is 261 g/mol. The fourth-order valence-electron chi connectivity index (χ4n) is 1.77. The van der Waals surface area contributed by atoms with Crippen LogP contribution in [0.3, 0.4) is 0 Å². The number of carboxylic acid groups (broad SMARTS) is 1. The second kappa shape index (κ2) is 6.33. The first-order valence-corrected chi connectivity index (χ1v) is 6.66. The fourth-order valence-corrected chi connectivity index (χ4v) is 2.58. The summed E-state index contributed by atoms with van der Waals surface area (Å²) in [5, 5.41) is 14.2.